The number of aromatic nitrogens is 1. The van der Waals surface area contributed by atoms with Gasteiger partial charge >= 0.3 is 0 Å². The van der Waals surface area contributed by atoms with Gasteiger partial charge in [0.15, 0.2) is 5.76 Å². The molecule has 23 heavy (non-hydrogen) atoms. The summed E-state index contributed by atoms with van der Waals surface area (Å²) in [5, 5.41) is 3.79. The highest BCUT2D eigenvalue weighted by Crippen LogP contribution is 2.53. The van der Waals surface area contributed by atoms with E-state index in [0.29, 0.717) is 5.92 Å². The Kier molecular flexibility index (Phi) is 3.74. The third-order valence-corrected chi connectivity index (χ3v) is 6.10. The molecule has 1 heterocycles. The van der Waals surface area contributed by atoms with Crippen molar-refractivity contribution < 1.29 is 4.52 Å². The zero-order valence-corrected chi connectivity index (χ0v) is 15.1. The zero-order chi connectivity index (χ0) is 16.8. The number of fused-ring (bicyclic) bond motifs is 1. The molecule has 2 nitrogen and oxygen atoms in total. The number of nitrogens with zero attached hydrogens (tertiary/aromatic N) is 1. The lowest BCUT2D eigenvalue weighted by Crippen LogP contribution is -2.30. The van der Waals surface area contributed by atoms with Crippen LogP contribution in [0.1, 0.15) is 70.4 Å². The molecule has 0 radical (unpaired) electrons. The van der Waals surface area contributed by atoms with Crippen molar-refractivity contribution in [3.05, 3.63) is 52.9 Å². The van der Waals surface area contributed by atoms with Crippen LogP contribution in [0.2, 0.25) is 0 Å². The molecule has 0 fully saturated rings. The number of hydrogen-bond donors (Lipinski definition) is 0. The Morgan fingerprint density at radius 2 is 1.83 bits per heavy atom. The second-order valence-electron chi connectivity index (χ2n) is 7.86. The first kappa shape index (κ1) is 16.0. The molecule has 1 aliphatic rings. The van der Waals surface area contributed by atoms with Gasteiger partial charge in [-0.25, -0.2) is 0 Å². The Morgan fingerprint density at radius 1 is 1.13 bits per heavy atom. The SMILES string of the molecule is CC/C(=C\c1ccno1)c1ccc2c(c1)C(C)(C)C(C)C2(C)C. The normalized spacial score (nSPS) is 22.2. The molecule has 0 saturated heterocycles. The fraction of sp³-hybridized carbons (Fsp3) is 0.476. The van der Waals surface area contributed by atoms with Gasteiger partial charge in [-0.15, -0.1) is 0 Å². The smallest absolute Gasteiger partial charge is 0.159 e. The zero-order valence-electron chi connectivity index (χ0n) is 15.1. The van der Waals surface area contributed by atoms with E-state index in [1.807, 2.05) is 6.07 Å². The quantitative estimate of drug-likeness (QED) is 0.713. The van der Waals surface area contributed by atoms with Gasteiger partial charge < -0.3 is 4.52 Å². The molecule has 3 rings (SSSR count). The fourth-order valence-electron chi connectivity index (χ4n) is 4.07. The van der Waals surface area contributed by atoms with Crippen LogP contribution >= 0.6 is 0 Å². The predicted octanol–water partition coefficient (Wildman–Crippen LogP) is 5.83. The monoisotopic (exact) mass is 309 g/mol. The van der Waals surface area contributed by atoms with Crippen LogP contribution in [-0.2, 0) is 10.8 Å². The Labute approximate surface area is 139 Å². The van der Waals surface area contributed by atoms with E-state index in [0.717, 1.165) is 12.2 Å². The van der Waals surface area contributed by atoms with Crippen molar-refractivity contribution in [3.63, 3.8) is 0 Å². The van der Waals surface area contributed by atoms with Crippen molar-refractivity contribution in [2.45, 2.75) is 58.8 Å². The number of hydrogen-bond acceptors (Lipinski definition) is 2. The maximum Gasteiger partial charge on any atom is 0.159 e. The summed E-state index contributed by atoms with van der Waals surface area (Å²) >= 11 is 0. The van der Waals surface area contributed by atoms with Crippen LogP contribution in [0.25, 0.3) is 11.6 Å². The Hall–Kier alpha value is -1.83. The largest absolute Gasteiger partial charge is 0.357 e. The molecule has 2 heteroatoms. The third-order valence-electron chi connectivity index (χ3n) is 6.10. The van der Waals surface area contributed by atoms with Gasteiger partial charge in [0.25, 0.3) is 0 Å². The lowest BCUT2D eigenvalue weighted by molar-refractivity contribution is 0.264. The van der Waals surface area contributed by atoms with E-state index in [9.17, 15) is 0 Å². The summed E-state index contributed by atoms with van der Waals surface area (Å²) in [7, 11) is 0. The van der Waals surface area contributed by atoms with Crippen molar-refractivity contribution in [1.82, 2.24) is 5.16 Å². The minimum absolute atomic E-state index is 0.194. The van der Waals surface area contributed by atoms with Crippen molar-refractivity contribution in [2.75, 3.05) is 0 Å². The Morgan fingerprint density at radius 3 is 2.43 bits per heavy atom. The predicted molar refractivity (Wildman–Crippen MR) is 96.3 cm³/mol. The number of allylic oxidation sites excluding steroid dienone is 1. The van der Waals surface area contributed by atoms with Gasteiger partial charge in [0, 0.05) is 6.07 Å². The van der Waals surface area contributed by atoms with Crippen LogP contribution < -0.4 is 0 Å². The second kappa shape index (κ2) is 5.36. The topological polar surface area (TPSA) is 26.0 Å². The van der Waals surface area contributed by atoms with Gasteiger partial charge in [-0.3, -0.25) is 0 Å². The van der Waals surface area contributed by atoms with E-state index in [2.05, 4.69) is 71.0 Å². The van der Waals surface area contributed by atoms with E-state index >= 15 is 0 Å². The highest BCUT2D eigenvalue weighted by Gasteiger charge is 2.48. The summed E-state index contributed by atoms with van der Waals surface area (Å²) in [5.41, 5.74) is 5.98. The van der Waals surface area contributed by atoms with E-state index < -0.39 is 0 Å². The number of benzene rings is 1. The molecule has 0 amide bonds. The van der Waals surface area contributed by atoms with E-state index in [4.69, 9.17) is 4.52 Å². The first-order valence-electron chi connectivity index (χ1n) is 8.55. The van der Waals surface area contributed by atoms with Crippen LogP contribution in [0.5, 0.6) is 0 Å². The van der Waals surface area contributed by atoms with Crippen molar-refractivity contribution in [2.24, 2.45) is 5.92 Å². The average molecular weight is 309 g/mol. The molecule has 1 atom stereocenters. The van der Waals surface area contributed by atoms with Gasteiger partial charge in [0.1, 0.15) is 0 Å². The van der Waals surface area contributed by atoms with Gasteiger partial charge in [-0.05, 0) is 51.5 Å². The lowest BCUT2D eigenvalue weighted by atomic mass is 9.71. The van der Waals surface area contributed by atoms with Crippen LogP contribution in [0.4, 0.5) is 0 Å². The first-order chi connectivity index (χ1) is 10.8. The standard InChI is InChI=1S/C21H27NO/c1-7-15(12-17-10-11-22-23-17)16-8-9-18-19(13-16)21(5,6)14(2)20(18,3)4/h8-14H,7H2,1-6H3/b15-12+. The van der Waals surface area contributed by atoms with E-state index in [-0.39, 0.29) is 10.8 Å². The molecule has 122 valence electrons. The minimum Gasteiger partial charge on any atom is -0.357 e. The molecule has 0 N–H and O–H groups in total. The molecule has 0 aliphatic heterocycles. The fourth-order valence-corrected chi connectivity index (χ4v) is 4.07. The Bertz CT molecular complexity index is 735. The van der Waals surface area contributed by atoms with Gasteiger partial charge in [-0.1, -0.05) is 64.9 Å². The van der Waals surface area contributed by atoms with Gasteiger partial charge in [-0.2, -0.15) is 0 Å². The molecular weight excluding hydrogens is 282 g/mol. The maximum atomic E-state index is 5.24. The average Bonchev–Trinajstić information content (AvgIpc) is 3.07. The van der Waals surface area contributed by atoms with Crippen molar-refractivity contribution in [1.29, 1.82) is 0 Å². The van der Waals surface area contributed by atoms with Gasteiger partial charge in [0.2, 0.25) is 0 Å². The van der Waals surface area contributed by atoms with Crippen LogP contribution in [0.15, 0.2) is 35.0 Å². The summed E-state index contributed by atoms with van der Waals surface area (Å²) < 4.78 is 5.24. The highest BCUT2D eigenvalue weighted by molar-refractivity contribution is 5.80. The maximum absolute atomic E-state index is 5.24. The van der Waals surface area contributed by atoms with Gasteiger partial charge in [0.05, 0.1) is 6.20 Å². The number of rotatable bonds is 3. The summed E-state index contributed by atoms with van der Waals surface area (Å²) in [6.07, 6.45) is 4.76. The van der Waals surface area contributed by atoms with E-state index in [1.54, 1.807) is 6.20 Å². The highest BCUT2D eigenvalue weighted by atomic mass is 16.5. The van der Waals surface area contributed by atoms with E-state index in [1.165, 1.54) is 22.3 Å². The molecule has 1 aliphatic carbocycles. The van der Waals surface area contributed by atoms with Crippen molar-refractivity contribution >= 4 is 11.6 Å². The molecule has 0 saturated carbocycles. The molecule has 0 spiro atoms. The summed E-state index contributed by atoms with van der Waals surface area (Å²) in [6, 6.07) is 8.89. The van der Waals surface area contributed by atoms with Crippen LogP contribution in [0.3, 0.4) is 0 Å². The molecule has 0 bridgehead atoms. The molecule has 1 aromatic heterocycles. The molecular formula is C21H27NO. The summed E-state index contributed by atoms with van der Waals surface area (Å²) in [4.78, 5) is 0. The molecule has 2 aromatic rings. The minimum atomic E-state index is 0.194. The van der Waals surface area contributed by atoms with Crippen molar-refractivity contribution in [3.8, 4) is 0 Å². The first-order valence-corrected chi connectivity index (χ1v) is 8.55. The summed E-state index contributed by atoms with van der Waals surface area (Å²) in [5.74, 6) is 1.43. The third kappa shape index (κ3) is 2.45. The van der Waals surface area contributed by atoms with Crippen LogP contribution in [0, 0.1) is 5.92 Å². The Balaban J connectivity index is 2.10. The lowest BCUT2D eigenvalue weighted by Gasteiger charge is -2.32. The second-order valence-corrected chi connectivity index (χ2v) is 7.86. The van der Waals surface area contributed by atoms with Crippen LogP contribution in [-0.4, -0.2) is 5.16 Å². The summed E-state index contributed by atoms with van der Waals surface area (Å²) in [6.45, 7) is 14.1. The molecule has 1 unspecified atom stereocenters. The molecule has 1 aromatic carbocycles.